The third-order valence-electron chi connectivity index (χ3n) is 9.38. The summed E-state index contributed by atoms with van der Waals surface area (Å²) in [7, 11) is 0. The van der Waals surface area contributed by atoms with Crippen molar-refractivity contribution in [2.75, 3.05) is 0 Å². The number of rotatable bonds is 6. The van der Waals surface area contributed by atoms with Gasteiger partial charge in [0, 0.05) is 0 Å². The van der Waals surface area contributed by atoms with Gasteiger partial charge in [-0.2, -0.15) is 0 Å². The summed E-state index contributed by atoms with van der Waals surface area (Å²) in [4.78, 5) is 0. The van der Waals surface area contributed by atoms with Crippen LogP contribution in [0.25, 0.3) is 89.6 Å². The molecule has 0 atom stereocenters. The Morgan fingerprint density at radius 1 is 0.261 bits per heavy atom. The van der Waals surface area contributed by atoms with Crippen molar-refractivity contribution >= 4 is 67.4 Å². The van der Waals surface area contributed by atoms with Gasteiger partial charge in [0.2, 0.25) is 0 Å². The third kappa shape index (κ3) is 4.47. The first-order chi connectivity index (χ1) is 22.8. The lowest BCUT2D eigenvalue weighted by molar-refractivity contribution is 1.61. The van der Waals surface area contributed by atoms with E-state index in [0.29, 0.717) is 0 Å². The van der Waals surface area contributed by atoms with Crippen molar-refractivity contribution in [3.63, 3.8) is 0 Å². The number of hydrogen-bond donors (Lipinski definition) is 0. The van der Waals surface area contributed by atoms with Gasteiger partial charge in [0.15, 0.2) is 0 Å². The predicted octanol–water partition coefficient (Wildman–Crippen LogP) is 12.8. The van der Waals surface area contributed by atoms with Crippen molar-refractivity contribution in [1.82, 2.24) is 0 Å². The van der Waals surface area contributed by atoms with Crippen molar-refractivity contribution in [3.05, 3.63) is 180 Å². The average Bonchev–Trinajstić information content (AvgIpc) is 3.12. The van der Waals surface area contributed by atoms with Gasteiger partial charge in [-0.25, -0.2) is 0 Å². The fraction of sp³-hybridized carbons (Fsp3) is 0. The maximum atomic E-state index is 2.43. The molecule has 0 aliphatic rings. The maximum absolute atomic E-state index is 2.43. The summed E-state index contributed by atoms with van der Waals surface area (Å²) in [5.41, 5.74) is 9.90. The minimum atomic E-state index is 1.20. The van der Waals surface area contributed by atoms with Gasteiger partial charge in [-0.1, -0.05) is 146 Å². The smallest absolute Gasteiger partial charge is 0.00921 e. The molecule has 0 unspecified atom stereocenters. The Bertz CT molecular complexity index is 2340. The van der Waals surface area contributed by atoms with Crippen molar-refractivity contribution < 1.29 is 0 Å². The highest BCUT2D eigenvalue weighted by molar-refractivity contribution is 6.35. The standard InChI is InChI=1S/C46H30/c1-5-13-31(14-6-1)21-23-35-25-39-40(26-36(35)24-22-32-15-7-2-8-16-32)44-30-46-42-28-38(34-19-11-4-12-20-34)37(33-17-9-3-10-18-33)27-41(42)45(46)29-43(39)44/h1-30H. The first-order valence-corrected chi connectivity index (χ1v) is 15.9. The van der Waals surface area contributed by atoms with Crippen LogP contribution in [0.15, 0.2) is 158 Å². The summed E-state index contributed by atoms with van der Waals surface area (Å²) in [6, 6.07) is 57.1. The van der Waals surface area contributed by atoms with Crippen LogP contribution in [-0.4, -0.2) is 0 Å². The second-order valence-corrected chi connectivity index (χ2v) is 12.1. The normalized spacial score (nSPS) is 12.2. The minimum Gasteiger partial charge on any atom is -0.0622 e. The van der Waals surface area contributed by atoms with Crippen molar-refractivity contribution in [2.45, 2.75) is 0 Å². The molecule has 214 valence electrons. The average molecular weight is 583 g/mol. The van der Waals surface area contributed by atoms with Crippen LogP contribution in [0.3, 0.4) is 0 Å². The van der Waals surface area contributed by atoms with Crippen LogP contribution in [-0.2, 0) is 0 Å². The van der Waals surface area contributed by atoms with E-state index in [1.165, 1.54) is 87.6 Å². The van der Waals surface area contributed by atoms with Crippen LogP contribution < -0.4 is 0 Å². The lowest BCUT2D eigenvalue weighted by Gasteiger charge is -2.21. The number of benzene rings is 7. The molecule has 0 nitrogen and oxygen atoms in total. The fourth-order valence-electron chi connectivity index (χ4n) is 6.99. The second kappa shape index (κ2) is 10.9. The van der Waals surface area contributed by atoms with E-state index in [4.69, 9.17) is 0 Å². The van der Waals surface area contributed by atoms with Crippen LogP contribution in [0, 0.1) is 0 Å². The van der Waals surface area contributed by atoms with Gasteiger partial charge >= 0.3 is 0 Å². The molecule has 0 aliphatic carbocycles. The van der Waals surface area contributed by atoms with Gasteiger partial charge in [0.25, 0.3) is 0 Å². The Kier molecular flexibility index (Phi) is 6.25. The van der Waals surface area contributed by atoms with Crippen LogP contribution in [0.5, 0.6) is 0 Å². The highest BCUT2D eigenvalue weighted by Gasteiger charge is 2.20. The summed E-state index contributed by atoms with van der Waals surface area (Å²) in [5, 5.41) is 10.8. The van der Waals surface area contributed by atoms with Gasteiger partial charge in [-0.05, 0) is 124 Å². The lowest BCUT2D eigenvalue weighted by atomic mass is 9.82. The zero-order valence-electron chi connectivity index (χ0n) is 25.3. The summed E-state index contributed by atoms with van der Waals surface area (Å²) < 4.78 is 0. The zero-order valence-corrected chi connectivity index (χ0v) is 25.3. The first-order valence-electron chi connectivity index (χ1n) is 15.9. The highest BCUT2D eigenvalue weighted by atomic mass is 14.2. The molecule has 9 aromatic rings. The van der Waals surface area contributed by atoms with E-state index in [0.717, 1.165) is 0 Å². The minimum absolute atomic E-state index is 1.20. The molecule has 46 heavy (non-hydrogen) atoms. The summed E-state index contributed by atoms with van der Waals surface area (Å²) >= 11 is 0. The molecule has 0 aliphatic heterocycles. The molecule has 0 spiro atoms. The third-order valence-corrected chi connectivity index (χ3v) is 9.38. The van der Waals surface area contributed by atoms with E-state index in [1.807, 2.05) is 0 Å². The van der Waals surface area contributed by atoms with E-state index < -0.39 is 0 Å². The highest BCUT2D eigenvalue weighted by Crippen LogP contribution is 2.47. The van der Waals surface area contributed by atoms with E-state index in [-0.39, 0.29) is 0 Å². The zero-order chi connectivity index (χ0) is 30.5. The molecule has 0 heteroatoms. The van der Waals surface area contributed by atoms with Gasteiger partial charge in [-0.3, -0.25) is 0 Å². The van der Waals surface area contributed by atoms with Crippen LogP contribution >= 0.6 is 0 Å². The van der Waals surface area contributed by atoms with Gasteiger partial charge < -0.3 is 0 Å². The fourth-order valence-corrected chi connectivity index (χ4v) is 6.99. The molecule has 0 bridgehead atoms. The van der Waals surface area contributed by atoms with E-state index in [2.05, 4.69) is 182 Å². The molecular formula is C46H30. The lowest BCUT2D eigenvalue weighted by Crippen LogP contribution is -1.94. The van der Waals surface area contributed by atoms with Gasteiger partial charge in [-0.15, -0.1) is 0 Å². The van der Waals surface area contributed by atoms with Crippen LogP contribution in [0.1, 0.15) is 22.3 Å². The molecule has 9 aromatic carbocycles. The second-order valence-electron chi connectivity index (χ2n) is 12.1. The van der Waals surface area contributed by atoms with Gasteiger partial charge in [0.1, 0.15) is 0 Å². The Morgan fingerprint density at radius 2 is 0.565 bits per heavy atom. The van der Waals surface area contributed by atoms with Crippen molar-refractivity contribution in [2.24, 2.45) is 0 Å². The molecule has 0 aromatic heterocycles. The molecule has 0 heterocycles. The molecule has 0 saturated carbocycles. The largest absolute Gasteiger partial charge is 0.0622 e. The van der Waals surface area contributed by atoms with E-state index >= 15 is 0 Å². The van der Waals surface area contributed by atoms with Crippen LogP contribution in [0.4, 0.5) is 0 Å². The van der Waals surface area contributed by atoms with Crippen molar-refractivity contribution in [3.8, 4) is 22.3 Å². The van der Waals surface area contributed by atoms with Crippen LogP contribution in [0.2, 0.25) is 0 Å². The summed E-state index contributed by atoms with van der Waals surface area (Å²) in [6.45, 7) is 0. The molecular weight excluding hydrogens is 553 g/mol. The molecule has 0 radical (unpaired) electrons. The first kappa shape index (κ1) is 26.4. The van der Waals surface area contributed by atoms with E-state index in [9.17, 15) is 0 Å². The van der Waals surface area contributed by atoms with Crippen molar-refractivity contribution in [1.29, 1.82) is 0 Å². The molecule has 0 saturated heterocycles. The Hall–Kier alpha value is -5.98. The molecule has 0 N–H and O–H groups in total. The number of hydrogen-bond acceptors (Lipinski definition) is 0. The molecule has 0 amide bonds. The summed E-state index contributed by atoms with van der Waals surface area (Å²) in [5.74, 6) is 0. The monoisotopic (exact) mass is 582 g/mol. The van der Waals surface area contributed by atoms with E-state index in [1.54, 1.807) is 0 Å². The molecule has 0 fully saturated rings. The Balaban J connectivity index is 1.22. The predicted molar refractivity (Wildman–Crippen MR) is 200 cm³/mol. The molecule has 9 rings (SSSR count). The Morgan fingerprint density at radius 3 is 0.935 bits per heavy atom. The quantitative estimate of drug-likeness (QED) is 0.171. The SMILES string of the molecule is C(=Cc1cc2c(cc1C=Cc1ccccc1)c1cc3c4cc(-c5ccccc5)c(-c5ccccc5)cc4c3cc21)c1ccccc1. The Labute approximate surface area is 268 Å². The topological polar surface area (TPSA) is 0 Å². The number of fused-ring (bicyclic) bond motifs is 8. The maximum Gasteiger partial charge on any atom is -0.00921 e. The summed E-state index contributed by atoms with van der Waals surface area (Å²) in [6.07, 6.45) is 8.94. The van der Waals surface area contributed by atoms with Gasteiger partial charge in [0.05, 0.1) is 0 Å².